The molecule has 0 radical (unpaired) electrons. The number of aromatic nitrogens is 4. The van der Waals surface area contributed by atoms with Crippen molar-refractivity contribution < 1.29 is 37.8 Å². The van der Waals surface area contributed by atoms with Gasteiger partial charge in [0, 0.05) is 13.1 Å². The standard InChI is InChI=1S/C30H51N7O8Si/c1-28(2,3)45-27(39)36-40-16-20(38)31-13-11-12-14-32-24-21-25(34-17-33-24)37(18-35-21)26-23-22(43-30(7,8)44-23)19(42-26)15-41-46(9,10)29(4,5)6/h17-19,22-23,26H,11-16H2,1-10H3,(H,31,38)(H,36,39)(H,32,33,34)/t19-,22-,23-,26-/m1/s1. The van der Waals surface area contributed by atoms with Crippen LogP contribution in [0.25, 0.3) is 11.2 Å². The topological polar surface area (TPSA) is 169 Å². The van der Waals surface area contributed by atoms with Gasteiger partial charge in [0.25, 0.3) is 0 Å². The fraction of sp³-hybridized carbons (Fsp3) is 0.767. The highest BCUT2D eigenvalue weighted by Crippen LogP contribution is 2.45. The van der Waals surface area contributed by atoms with Gasteiger partial charge in [-0.3, -0.25) is 14.2 Å². The minimum atomic E-state index is -2.00. The second-order valence-corrected chi connectivity index (χ2v) is 19.4. The van der Waals surface area contributed by atoms with E-state index in [2.05, 4.69) is 64.9 Å². The van der Waals surface area contributed by atoms with Crippen LogP contribution in [0.5, 0.6) is 0 Å². The summed E-state index contributed by atoms with van der Waals surface area (Å²) < 4.78 is 32.6. The predicted octanol–water partition coefficient (Wildman–Crippen LogP) is 4.03. The number of hydroxylamine groups is 1. The molecule has 46 heavy (non-hydrogen) atoms. The number of carbonyl (C=O) groups excluding carboxylic acids is 2. The van der Waals surface area contributed by atoms with E-state index in [9.17, 15) is 9.59 Å². The number of hydrogen-bond acceptors (Lipinski definition) is 12. The Morgan fingerprint density at radius 2 is 1.72 bits per heavy atom. The summed E-state index contributed by atoms with van der Waals surface area (Å²) in [6.45, 7) is 21.3. The number of hydrogen-bond donors (Lipinski definition) is 3. The first-order valence-corrected chi connectivity index (χ1v) is 18.7. The maximum absolute atomic E-state index is 12.0. The van der Waals surface area contributed by atoms with Gasteiger partial charge in [-0.25, -0.2) is 19.7 Å². The summed E-state index contributed by atoms with van der Waals surface area (Å²) in [6, 6.07) is 0. The predicted molar refractivity (Wildman–Crippen MR) is 172 cm³/mol. The van der Waals surface area contributed by atoms with Crippen molar-refractivity contribution in [3.05, 3.63) is 12.7 Å². The van der Waals surface area contributed by atoms with Crippen molar-refractivity contribution in [1.82, 2.24) is 30.3 Å². The van der Waals surface area contributed by atoms with Gasteiger partial charge in [0.05, 0.1) is 12.9 Å². The fourth-order valence-electron chi connectivity index (χ4n) is 4.89. The summed E-state index contributed by atoms with van der Waals surface area (Å²) in [6.07, 6.45) is 2.45. The van der Waals surface area contributed by atoms with Crippen molar-refractivity contribution >= 4 is 37.3 Å². The van der Waals surface area contributed by atoms with Gasteiger partial charge in [-0.05, 0) is 65.6 Å². The Labute approximate surface area is 271 Å². The highest BCUT2D eigenvalue weighted by atomic mass is 28.4. The Hall–Kier alpha value is -2.89. The molecule has 0 aliphatic carbocycles. The Morgan fingerprint density at radius 3 is 2.41 bits per heavy atom. The van der Waals surface area contributed by atoms with Crippen molar-refractivity contribution in [2.24, 2.45) is 0 Å². The zero-order chi connectivity index (χ0) is 33.9. The zero-order valence-corrected chi connectivity index (χ0v) is 29.8. The number of rotatable bonds is 13. The molecule has 0 saturated carbocycles. The quantitative estimate of drug-likeness (QED) is 0.160. The Bertz CT molecular complexity index is 1360. The first-order chi connectivity index (χ1) is 21.4. The fourth-order valence-corrected chi connectivity index (χ4v) is 5.90. The number of ether oxygens (including phenoxy) is 4. The summed E-state index contributed by atoms with van der Waals surface area (Å²) >= 11 is 0. The molecular formula is C30H51N7O8Si. The molecule has 0 unspecified atom stereocenters. The van der Waals surface area contributed by atoms with Crippen LogP contribution in [0, 0.1) is 0 Å². The lowest BCUT2D eigenvalue weighted by Crippen LogP contribution is -2.44. The van der Waals surface area contributed by atoms with Gasteiger partial charge in [0.15, 0.2) is 43.9 Å². The Kier molecular flexibility index (Phi) is 11.0. The van der Waals surface area contributed by atoms with E-state index in [1.807, 2.05) is 18.4 Å². The Balaban J connectivity index is 1.28. The summed E-state index contributed by atoms with van der Waals surface area (Å²) in [5, 5.41) is 6.15. The lowest BCUT2D eigenvalue weighted by molar-refractivity contribution is -0.199. The largest absolute Gasteiger partial charge is 0.442 e. The van der Waals surface area contributed by atoms with E-state index in [0.717, 1.165) is 6.42 Å². The number of amides is 2. The third kappa shape index (κ3) is 9.13. The van der Waals surface area contributed by atoms with Crippen LogP contribution in [-0.2, 0) is 33.0 Å². The molecular weight excluding hydrogens is 614 g/mol. The van der Waals surface area contributed by atoms with E-state index in [1.165, 1.54) is 6.33 Å². The second-order valence-electron chi connectivity index (χ2n) is 14.6. The molecule has 4 atom stereocenters. The maximum Gasteiger partial charge on any atom is 0.431 e. The van der Waals surface area contributed by atoms with Crippen LogP contribution in [-0.4, -0.2) is 95.8 Å². The lowest BCUT2D eigenvalue weighted by Gasteiger charge is -2.37. The molecule has 3 N–H and O–H groups in total. The van der Waals surface area contributed by atoms with E-state index in [1.54, 1.807) is 27.1 Å². The van der Waals surface area contributed by atoms with Crippen molar-refractivity contribution in [2.45, 2.75) is 122 Å². The van der Waals surface area contributed by atoms with Crippen LogP contribution in [0.1, 0.15) is 74.5 Å². The van der Waals surface area contributed by atoms with E-state index >= 15 is 0 Å². The molecule has 15 nitrogen and oxygen atoms in total. The molecule has 0 aromatic carbocycles. The molecule has 0 spiro atoms. The lowest BCUT2D eigenvalue weighted by atomic mass is 10.1. The normalized spacial score (nSPS) is 22.9. The number of fused-ring (bicyclic) bond motifs is 2. The molecule has 2 saturated heterocycles. The average Bonchev–Trinajstić information content (AvgIpc) is 3.58. The van der Waals surface area contributed by atoms with Crippen LogP contribution >= 0.6 is 0 Å². The Morgan fingerprint density at radius 1 is 1.02 bits per heavy atom. The molecule has 2 aliphatic rings. The summed E-state index contributed by atoms with van der Waals surface area (Å²) in [7, 11) is -2.00. The first kappa shape index (κ1) is 36.0. The van der Waals surface area contributed by atoms with Gasteiger partial charge < -0.3 is 34.0 Å². The van der Waals surface area contributed by atoms with Crippen LogP contribution < -0.4 is 16.1 Å². The van der Waals surface area contributed by atoms with Gasteiger partial charge in [0.1, 0.15) is 30.2 Å². The molecule has 2 amide bonds. The van der Waals surface area contributed by atoms with Crippen molar-refractivity contribution in [1.29, 1.82) is 0 Å². The van der Waals surface area contributed by atoms with Crippen molar-refractivity contribution in [2.75, 3.05) is 31.6 Å². The third-order valence-electron chi connectivity index (χ3n) is 8.15. The minimum Gasteiger partial charge on any atom is -0.442 e. The second kappa shape index (κ2) is 14.1. The number of imidazole rings is 1. The van der Waals surface area contributed by atoms with Gasteiger partial charge in [-0.1, -0.05) is 20.8 Å². The number of nitrogens with one attached hydrogen (secondary N) is 3. The number of carbonyl (C=O) groups is 2. The smallest absolute Gasteiger partial charge is 0.431 e. The van der Waals surface area contributed by atoms with E-state index in [-0.39, 0.29) is 35.9 Å². The molecule has 258 valence electrons. The SMILES string of the molecule is CC(C)(C)OC(=O)NOCC(=O)NCCCCNc1ncnc2c1ncn2[C@@H]1O[C@H](CO[Si](C)(C)C(C)(C)C)[C@H]2OC(C)(C)O[C@H]21. The molecule has 2 aliphatic heterocycles. The van der Waals surface area contributed by atoms with Crippen molar-refractivity contribution in [3.8, 4) is 0 Å². The summed E-state index contributed by atoms with van der Waals surface area (Å²) in [4.78, 5) is 42.0. The van der Waals surface area contributed by atoms with Crippen molar-refractivity contribution in [3.63, 3.8) is 0 Å². The number of anilines is 1. The molecule has 4 heterocycles. The molecule has 2 aromatic heterocycles. The van der Waals surface area contributed by atoms with Crippen LogP contribution in [0.3, 0.4) is 0 Å². The van der Waals surface area contributed by atoms with Gasteiger partial charge in [-0.15, -0.1) is 0 Å². The minimum absolute atomic E-state index is 0.0721. The third-order valence-corrected chi connectivity index (χ3v) is 12.6. The number of unbranched alkanes of at least 4 members (excludes halogenated alkanes) is 1. The molecule has 16 heteroatoms. The van der Waals surface area contributed by atoms with Crippen LogP contribution in [0.4, 0.5) is 10.6 Å². The summed E-state index contributed by atoms with van der Waals surface area (Å²) in [5.74, 6) is -0.503. The average molecular weight is 666 g/mol. The highest BCUT2D eigenvalue weighted by molar-refractivity contribution is 6.74. The zero-order valence-electron chi connectivity index (χ0n) is 28.8. The molecule has 4 rings (SSSR count). The van der Waals surface area contributed by atoms with Gasteiger partial charge in [-0.2, -0.15) is 5.48 Å². The van der Waals surface area contributed by atoms with E-state index in [0.29, 0.717) is 43.1 Å². The van der Waals surface area contributed by atoms with Gasteiger partial charge >= 0.3 is 6.09 Å². The molecule has 2 aromatic rings. The van der Waals surface area contributed by atoms with E-state index < -0.39 is 32.0 Å². The summed E-state index contributed by atoms with van der Waals surface area (Å²) in [5.41, 5.74) is 2.67. The maximum atomic E-state index is 12.0. The monoisotopic (exact) mass is 665 g/mol. The van der Waals surface area contributed by atoms with Crippen LogP contribution in [0.15, 0.2) is 12.7 Å². The molecule has 0 bridgehead atoms. The number of nitrogens with zero attached hydrogens (tertiary/aromatic N) is 4. The highest BCUT2D eigenvalue weighted by Gasteiger charge is 2.56. The molecule has 2 fully saturated rings. The first-order valence-electron chi connectivity index (χ1n) is 15.8. The van der Waals surface area contributed by atoms with E-state index in [4.69, 9.17) is 28.2 Å². The van der Waals surface area contributed by atoms with Gasteiger partial charge in [0.2, 0.25) is 5.91 Å². The van der Waals surface area contributed by atoms with Crippen LogP contribution in [0.2, 0.25) is 18.1 Å².